The van der Waals surface area contributed by atoms with E-state index in [1.807, 2.05) is 55.1 Å². The van der Waals surface area contributed by atoms with Gasteiger partial charge in [-0.05, 0) is 31.5 Å². The Morgan fingerprint density at radius 2 is 1.82 bits per heavy atom. The highest BCUT2D eigenvalue weighted by atomic mass is 16.5. The number of urea groups is 1. The van der Waals surface area contributed by atoms with Gasteiger partial charge in [0.25, 0.3) is 0 Å². The first-order chi connectivity index (χ1) is 16.4. The monoisotopic (exact) mass is 457 g/mol. The first-order valence-corrected chi connectivity index (χ1v) is 11.3. The number of carbonyl (C=O) groups is 3. The molecule has 0 bridgehead atoms. The number of morpholine rings is 1. The number of hydrogen-bond donors (Lipinski definition) is 2. The maximum Gasteiger partial charge on any atom is 0.328 e. The van der Waals surface area contributed by atoms with Gasteiger partial charge in [0.2, 0.25) is 11.8 Å². The van der Waals surface area contributed by atoms with Crippen LogP contribution in [0.1, 0.15) is 19.4 Å². The van der Waals surface area contributed by atoms with Crippen molar-refractivity contribution in [3.05, 3.63) is 54.4 Å². The van der Waals surface area contributed by atoms with Crippen LogP contribution in [0.2, 0.25) is 0 Å². The molecule has 3 atom stereocenters. The van der Waals surface area contributed by atoms with Gasteiger partial charge in [-0.3, -0.25) is 30.2 Å². The molecule has 0 aliphatic carbocycles. The number of nitrogens with zero attached hydrogens (tertiary/aromatic N) is 3. The van der Waals surface area contributed by atoms with Crippen molar-refractivity contribution >= 4 is 34.4 Å². The largest absolute Gasteiger partial charge is 0.372 e. The zero-order valence-electron chi connectivity index (χ0n) is 18.7. The van der Waals surface area contributed by atoms with Crippen LogP contribution in [0.5, 0.6) is 0 Å². The summed E-state index contributed by atoms with van der Waals surface area (Å²) in [7, 11) is 0. The lowest BCUT2D eigenvalue weighted by Gasteiger charge is -2.55. The average molecular weight is 457 g/mol. The van der Waals surface area contributed by atoms with Crippen molar-refractivity contribution < 1.29 is 19.1 Å². The lowest BCUT2D eigenvalue weighted by molar-refractivity contribution is -0.153. The minimum Gasteiger partial charge on any atom is -0.372 e. The molecule has 4 amide bonds. The zero-order chi connectivity index (χ0) is 23.6. The number of pyridine rings is 2. The quantitative estimate of drug-likeness (QED) is 0.539. The van der Waals surface area contributed by atoms with Crippen LogP contribution in [0.4, 0.5) is 10.5 Å². The van der Waals surface area contributed by atoms with E-state index >= 15 is 0 Å². The number of ether oxygens (including phenoxy) is 1. The Hall–Kier alpha value is -3.85. The maximum absolute atomic E-state index is 13.3. The normalized spacial score (nSPS) is 25.5. The van der Waals surface area contributed by atoms with Gasteiger partial charge in [0.1, 0.15) is 0 Å². The van der Waals surface area contributed by atoms with Crippen LogP contribution in [0.25, 0.3) is 22.2 Å². The number of fused-ring (bicyclic) bond motifs is 5. The molecule has 9 nitrogen and oxygen atoms in total. The molecule has 0 unspecified atom stereocenters. The highest BCUT2D eigenvalue weighted by molar-refractivity contribution is 6.20. The summed E-state index contributed by atoms with van der Waals surface area (Å²) in [5.41, 5.74) is 2.58. The summed E-state index contributed by atoms with van der Waals surface area (Å²) >= 11 is 0. The summed E-state index contributed by atoms with van der Waals surface area (Å²) in [5.74, 6) is -1.20. The summed E-state index contributed by atoms with van der Waals surface area (Å²) in [5, 5.41) is 5.63. The first-order valence-electron chi connectivity index (χ1n) is 11.3. The van der Waals surface area contributed by atoms with Crippen LogP contribution in [0.15, 0.2) is 48.8 Å². The molecule has 5 heterocycles. The smallest absolute Gasteiger partial charge is 0.328 e. The van der Waals surface area contributed by atoms with Crippen LogP contribution < -0.4 is 15.5 Å². The molecule has 9 heteroatoms. The number of barbiturate groups is 1. The van der Waals surface area contributed by atoms with E-state index in [9.17, 15) is 14.4 Å². The van der Waals surface area contributed by atoms with Crippen LogP contribution in [0.3, 0.4) is 0 Å². The van der Waals surface area contributed by atoms with Gasteiger partial charge in [-0.15, -0.1) is 0 Å². The third-order valence-electron chi connectivity index (χ3n) is 7.10. The number of benzene rings is 1. The number of imide groups is 2. The number of para-hydroxylation sites is 1. The number of carbonyl (C=O) groups excluding carboxylic acids is 3. The van der Waals surface area contributed by atoms with Crippen molar-refractivity contribution in [2.75, 3.05) is 11.4 Å². The van der Waals surface area contributed by atoms with Crippen molar-refractivity contribution in [2.24, 2.45) is 5.41 Å². The molecule has 34 heavy (non-hydrogen) atoms. The van der Waals surface area contributed by atoms with Crippen molar-refractivity contribution in [2.45, 2.75) is 38.5 Å². The summed E-state index contributed by atoms with van der Waals surface area (Å²) in [4.78, 5) is 49.9. The van der Waals surface area contributed by atoms with Crippen molar-refractivity contribution in [1.82, 2.24) is 20.6 Å². The molecule has 3 aliphatic heterocycles. The Kier molecular flexibility index (Phi) is 4.47. The van der Waals surface area contributed by atoms with Gasteiger partial charge in [-0.1, -0.05) is 24.3 Å². The molecule has 0 radical (unpaired) electrons. The third kappa shape index (κ3) is 2.86. The second-order valence-corrected chi connectivity index (χ2v) is 9.21. The van der Waals surface area contributed by atoms with Gasteiger partial charge in [-0.2, -0.15) is 0 Å². The molecule has 1 aromatic carbocycles. The van der Waals surface area contributed by atoms with Gasteiger partial charge in [0, 0.05) is 30.1 Å². The van der Waals surface area contributed by atoms with Crippen LogP contribution in [0, 0.1) is 5.41 Å². The molecule has 2 fully saturated rings. The SMILES string of the molecule is C[C@@H]1CN2c3cnc(-c4cccc5cccnc45)cc3CC3(C(=O)NC(=O)NC3=O)[C@H]2[C@H](C)O1. The second-order valence-electron chi connectivity index (χ2n) is 9.21. The van der Waals surface area contributed by atoms with Crippen LogP contribution >= 0.6 is 0 Å². The summed E-state index contributed by atoms with van der Waals surface area (Å²) < 4.78 is 6.05. The molecular formula is C25H23N5O4. The van der Waals surface area contributed by atoms with E-state index in [-0.39, 0.29) is 12.5 Å². The fraction of sp³-hybridized carbons (Fsp3) is 0.320. The van der Waals surface area contributed by atoms with Gasteiger partial charge in [-0.25, -0.2) is 4.79 Å². The van der Waals surface area contributed by atoms with Crippen LogP contribution in [-0.2, 0) is 20.7 Å². The van der Waals surface area contributed by atoms with Gasteiger partial charge in [0.05, 0.1) is 41.3 Å². The molecule has 0 saturated carbocycles. The summed E-state index contributed by atoms with van der Waals surface area (Å²) in [6.45, 7) is 4.32. The predicted octanol–water partition coefficient (Wildman–Crippen LogP) is 2.19. The van der Waals surface area contributed by atoms with Gasteiger partial charge < -0.3 is 9.64 Å². The standard InChI is InChI=1S/C25H23N5O4/c1-13-12-30-19-11-27-18(17-7-3-5-15-6-4-8-26-20(15)17)9-16(19)10-25(21(30)14(2)34-13)22(31)28-24(33)29-23(25)32/h3-9,11,13-14,21H,10,12H2,1-2H3,(H2,28,29,31,32,33)/t13-,14+,21-/m1/s1. The van der Waals surface area contributed by atoms with Crippen LogP contribution in [-0.4, -0.2) is 52.6 Å². The topological polar surface area (TPSA) is 114 Å². The number of hydrogen-bond acceptors (Lipinski definition) is 7. The average Bonchev–Trinajstić information content (AvgIpc) is 2.81. The number of rotatable bonds is 1. The van der Waals surface area contributed by atoms with E-state index in [2.05, 4.69) is 15.6 Å². The zero-order valence-corrected chi connectivity index (χ0v) is 18.7. The minimum absolute atomic E-state index is 0.104. The molecule has 172 valence electrons. The Morgan fingerprint density at radius 3 is 2.62 bits per heavy atom. The van der Waals surface area contributed by atoms with E-state index < -0.39 is 35.4 Å². The minimum atomic E-state index is -1.50. The van der Waals surface area contributed by atoms with Crippen molar-refractivity contribution in [3.63, 3.8) is 0 Å². The van der Waals surface area contributed by atoms with Crippen molar-refractivity contribution in [3.8, 4) is 11.3 Å². The number of anilines is 1. The van der Waals surface area contributed by atoms with E-state index in [0.717, 1.165) is 27.7 Å². The molecule has 2 aromatic heterocycles. The van der Waals surface area contributed by atoms with E-state index in [1.54, 1.807) is 12.4 Å². The third-order valence-corrected chi connectivity index (χ3v) is 7.10. The summed E-state index contributed by atoms with van der Waals surface area (Å²) in [6, 6.07) is 10.4. The Balaban J connectivity index is 1.54. The number of aromatic nitrogens is 2. The maximum atomic E-state index is 13.3. The fourth-order valence-corrected chi connectivity index (χ4v) is 5.79. The number of amides is 4. The van der Waals surface area contributed by atoms with E-state index in [1.165, 1.54) is 0 Å². The molecule has 1 spiro atoms. The van der Waals surface area contributed by atoms with E-state index in [4.69, 9.17) is 9.72 Å². The molecular weight excluding hydrogens is 434 g/mol. The lowest BCUT2D eigenvalue weighted by atomic mass is 9.66. The Morgan fingerprint density at radius 1 is 1.06 bits per heavy atom. The molecule has 2 saturated heterocycles. The van der Waals surface area contributed by atoms with Gasteiger partial charge >= 0.3 is 6.03 Å². The summed E-state index contributed by atoms with van der Waals surface area (Å²) in [6.07, 6.45) is 3.16. The lowest BCUT2D eigenvalue weighted by Crippen LogP contribution is -2.75. The second kappa shape index (κ2) is 7.33. The number of nitrogens with one attached hydrogen (secondary N) is 2. The first kappa shape index (κ1) is 20.7. The highest BCUT2D eigenvalue weighted by Gasteiger charge is 2.62. The fourth-order valence-electron chi connectivity index (χ4n) is 5.79. The van der Waals surface area contributed by atoms with Gasteiger partial charge in [0.15, 0.2) is 5.41 Å². The highest BCUT2D eigenvalue weighted by Crippen LogP contribution is 2.47. The molecule has 6 rings (SSSR count). The Bertz CT molecular complexity index is 1350. The van der Waals surface area contributed by atoms with Crippen molar-refractivity contribution in [1.29, 1.82) is 0 Å². The Labute approximate surface area is 195 Å². The predicted molar refractivity (Wildman–Crippen MR) is 124 cm³/mol. The van der Waals surface area contributed by atoms with E-state index in [0.29, 0.717) is 12.2 Å². The molecule has 2 N–H and O–H groups in total. The molecule has 3 aliphatic rings. The molecule has 3 aromatic rings.